The number of benzene rings is 2. The SMILES string of the molecule is COc1ccc(NCCCc2ncc(-c3ccccc3)n2C)cc1. The second-order valence-electron chi connectivity index (χ2n) is 5.74. The first-order chi connectivity index (χ1) is 11.8. The summed E-state index contributed by atoms with van der Waals surface area (Å²) in [5.41, 5.74) is 3.48. The number of nitrogens with zero attached hydrogens (tertiary/aromatic N) is 2. The molecule has 1 heterocycles. The standard InChI is InChI=1S/C20H23N3O/c1-23-19(16-7-4-3-5-8-16)15-22-20(23)9-6-14-21-17-10-12-18(24-2)13-11-17/h3-5,7-8,10-13,15,21H,6,9,14H2,1-2H3. The van der Waals surface area contributed by atoms with Crippen molar-refractivity contribution in [3.05, 3.63) is 66.6 Å². The molecule has 0 fully saturated rings. The van der Waals surface area contributed by atoms with Gasteiger partial charge in [0.25, 0.3) is 0 Å². The fourth-order valence-corrected chi connectivity index (χ4v) is 2.75. The van der Waals surface area contributed by atoms with Crippen molar-refractivity contribution in [2.45, 2.75) is 12.8 Å². The van der Waals surface area contributed by atoms with E-state index in [0.717, 1.165) is 42.3 Å². The molecular formula is C20H23N3O. The minimum atomic E-state index is 0.877. The zero-order valence-electron chi connectivity index (χ0n) is 14.2. The lowest BCUT2D eigenvalue weighted by Gasteiger charge is -2.08. The number of rotatable bonds is 7. The highest BCUT2D eigenvalue weighted by atomic mass is 16.5. The van der Waals surface area contributed by atoms with Crippen LogP contribution < -0.4 is 10.1 Å². The average molecular weight is 321 g/mol. The molecule has 0 atom stereocenters. The molecule has 124 valence electrons. The number of imidazole rings is 1. The van der Waals surface area contributed by atoms with Crippen LogP contribution in [0, 0.1) is 0 Å². The highest BCUT2D eigenvalue weighted by molar-refractivity contribution is 5.59. The van der Waals surface area contributed by atoms with Crippen molar-refractivity contribution >= 4 is 5.69 Å². The van der Waals surface area contributed by atoms with Gasteiger partial charge in [-0.25, -0.2) is 4.98 Å². The lowest BCUT2D eigenvalue weighted by Crippen LogP contribution is -2.06. The molecule has 0 aliphatic carbocycles. The summed E-state index contributed by atoms with van der Waals surface area (Å²) in [4.78, 5) is 4.58. The molecule has 0 amide bonds. The van der Waals surface area contributed by atoms with Gasteiger partial charge in [-0.1, -0.05) is 30.3 Å². The number of ether oxygens (including phenoxy) is 1. The summed E-state index contributed by atoms with van der Waals surface area (Å²) in [5.74, 6) is 1.99. The third-order valence-corrected chi connectivity index (χ3v) is 4.15. The number of nitrogens with one attached hydrogen (secondary N) is 1. The van der Waals surface area contributed by atoms with Gasteiger partial charge in [0.15, 0.2) is 0 Å². The predicted octanol–water partition coefficient (Wildman–Crippen LogP) is 4.14. The van der Waals surface area contributed by atoms with Gasteiger partial charge in [0.05, 0.1) is 19.0 Å². The molecule has 0 spiro atoms. The van der Waals surface area contributed by atoms with Crippen LogP contribution in [0.15, 0.2) is 60.8 Å². The molecule has 0 saturated heterocycles. The van der Waals surface area contributed by atoms with Crippen LogP contribution in [0.1, 0.15) is 12.2 Å². The van der Waals surface area contributed by atoms with Gasteiger partial charge in [-0.15, -0.1) is 0 Å². The van der Waals surface area contributed by atoms with E-state index in [1.54, 1.807) is 7.11 Å². The van der Waals surface area contributed by atoms with Crippen LogP contribution in [-0.2, 0) is 13.5 Å². The Morgan fingerprint density at radius 1 is 1.04 bits per heavy atom. The first kappa shape index (κ1) is 16.1. The lowest BCUT2D eigenvalue weighted by atomic mass is 10.2. The summed E-state index contributed by atoms with van der Waals surface area (Å²) in [5, 5.41) is 3.43. The predicted molar refractivity (Wildman–Crippen MR) is 98.4 cm³/mol. The molecular weight excluding hydrogens is 298 g/mol. The summed E-state index contributed by atoms with van der Waals surface area (Å²) in [6, 6.07) is 18.4. The smallest absolute Gasteiger partial charge is 0.119 e. The molecule has 0 saturated carbocycles. The van der Waals surface area contributed by atoms with E-state index in [0.29, 0.717) is 0 Å². The quantitative estimate of drug-likeness (QED) is 0.665. The van der Waals surface area contributed by atoms with Gasteiger partial charge < -0.3 is 14.6 Å². The topological polar surface area (TPSA) is 39.1 Å². The maximum Gasteiger partial charge on any atom is 0.119 e. The van der Waals surface area contributed by atoms with E-state index >= 15 is 0 Å². The number of anilines is 1. The summed E-state index contributed by atoms with van der Waals surface area (Å²) in [6.07, 6.45) is 3.94. The summed E-state index contributed by atoms with van der Waals surface area (Å²) in [6.45, 7) is 0.917. The summed E-state index contributed by atoms with van der Waals surface area (Å²) >= 11 is 0. The maximum atomic E-state index is 5.17. The average Bonchev–Trinajstić information content (AvgIpc) is 3.00. The minimum absolute atomic E-state index is 0.877. The van der Waals surface area contributed by atoms with Gasteiger partial charge in [0, 0.05) is 25.7 Å². The van der Waals surface area contributed by atoms with Gasteiger partial charge in [0.2, 0.25) is 0 Å². The molecule has 4 heteroatoms. The van der Waals surface area contributed by atoms with E-state index < -0.39 is 0 Å². The van der Waals surface area contributed by atoms with Crippen LogP contribution in [0.25, 0.3) is 11.3 Å². The van der Waals surface area contributed by atoms with Crippen molar-refractivity contribution < 1.29 is 4.74 Å². The van der Waals surface area contributed by atoms with Crippen LogP contribution in [-0.4, -0.2) is 23.2 Å². The second kappa shape index (κ2) is 7.68. The molecule has 3 aromatic rings. The van der Waals surface area contributed by atoms with Crippen molar-refractivity contribution in [3.8, 4) is 17.0 Å². The zero-order chi connectivity index (χ0) is 16.8. The zero-order valence-corrected chi connectivity index (χ0v) is 14.2. The molecule has 0 radical (unpaired) electrons. The molecule has 0 unspecified atom stereocenters. The monoisotopic (exact) mass is 321 g/mol. The number of hydrogen-bond acceptors (Lipinski definition) is 3. The third kappa shape index (κ3) is 3.77. The molecule has 24 heavy (non-hydrogen) atoms. The van der Waals surface area contributed by atoms with Crippen LogP contribution in [0.4, 0.5) is 5.69 Å². The van der Waals surface area contributed by atoms with Gasteiger partial charge in [0.1, 0.15) is 11.6 Å². The van der Waals surface area contributed by atoms with Crippen LogP contribution in [0.5, 0.6) is 5.75 Å². The fraction of sp³-hybridized carbons (Fsp3) is 0.250. The van der Waals surface area contributed by atoms with E-state index in [9.17, 15) is 0 Å². The highest BCUT2D eigenvalue weighted by Crippen LogP contribution is 2.20. The van der Waals surface area contributed by atoms with Crippen LogP contribution in [0.3, 0.4) is 0 Å². The normalized spacial score (nSPS) is 10.6. The molecule has 0 aliphatic rings. The van der Waals surface area contributed by atoms with Gasteiger partial charge in [-0.05, 0) is 36.2 Å². The Bertz CT molecular complexity index is 763. The van der Waals surface area contributed by atoms with E-state index in [1.165, 1.54) is 5.56 Å². The Labute approximate surface area is 143 Å². The van der Waals surface area contributed by atoms with Crippen molar-refractivity contribution in [3.63, 3.8) is 0 Å². The maximum absolute atomic E-state index is 5.17. The molecule has 0 bridgehead atoms. The van der Waals surface area contributed by atoms with Crippen molar-refractivity contribution in [2.24, 2.45) is 7.05 Å². The Morgan fingerprint density at radius 2 is 1.79 bits per heavy atom. The Hall–Kier alpha value is -2.75. The summed E-state index contributed by atoms with van der Waals surface area (Å²) < 4.78 is 7.35. The molecule has 0 aliphatic heterocycles. The molecule has 4 nitrogen and oxygen atoms in total. The lowest BCUT2D eigenvalue weighted by molar-refractivity contribution is 0.415. The Kier molecular flexibility index (Phi) is 5.16. The number of aryl methyl sites for hydroxylation is 1. The second-order valence-corrected chi connectivity index (χ2v) is 5.74. The third-order valence-electron chi connectivity index (χ3n) is 4.15. The van der Waals surface area contributed by atoms with E-state index in [-0.39, 0.29) is 0 Å². The number of aromatic nitrogens is 2. The Balaban J connectivity index is 1.53. The van der Waals surface area contributed by atoms with E-state index in [4.69, 9.17) is 4.74 Å². The first-order valence-corrected chi connectivity index (χ1v) is 8.22. The fourth-order valence-electron chi connectivity index (χ4n) is 2.75. The number of methoxy groups -OCH3 is 1. The van der Waals surface area contributed by atoms with Gasteiger partial charge in [-0.2, -0.15) is 0 Å². The molecule has 1 N–H and O–H groups in total. The molecule has 3 rings (SSSR count). The van der Waals surface area contributed by atoms with Gasteiger partial charge in [-0.3, -0.25) is 0 Å². The van der Waals surface area contributed by atoms with Crippen molar-refractivity contribution in [1.29, 1.82) is 0 Å². The van der Waals surface area contributed by atoms with Crippen molar-refractivity contribution in [1.82, 2.24) is 9.55 Å². The molecule has 2 aromatic carbocycles. The first-order valence-electron chi connectivity index (χ1n) is 8.22. The molecule has 1 aromatic heterocycles. The van der Waals surface area contributed by atoms with E-state index in [1.807, 2.05) is 36.5 Å². The highest BCUT2D eigenvalue weighted by Gasteiger charge is 2.07. The number of hydrogen-bond donors (Lipinski definition) is 1. The van der Waals surface area contributed by atoms with E-state index in [2.05, 4.69) is 46.2 Å². The van der Waals surface area contributed by atoms with Gasteiger partial charge >= 0.3 is 0 Å². The van der Waals surface area contributed by atoms with Crippen molar-refractivity contribution in [2.75, 3.05) is 19.0 Å². The van der Waals surface area contributed by atoms with Crippen LogP contribution in [0.2, 0.25) is 0 Å². The summed E-state index contributed by atoms with van der Waals surface area (Å²) in [7, 11) is 3.76. The Morgan fingerprint density at radius 3 is 2.50 bits per heavy atom. The minimum Gasteiger partial charge on any atom is -0.497 e. The largest absolute Gasteiger partial charge is 0.497 e. The van der Waals surface area contributed by atoms with Crippen LogP contribution >= 0.6 is 0 Å².